The molecular formula is C13H17F4NOS. The monoisotopic (exact) mass is 311 g/mol. The Morgan fingerprint density at radius 1 is 1.35 bits per heavy atom. The summed E-state index contributed by atoms with van der Waals surface area (Å²) in [6, 6.07) is 4.02. The van der Waals surface area contributed by atoms with Crippen LogP contribution in [0.4, 0.5) is 17.6 Å². The third-order valence-electron chi connectivity index (χ3n) is 2.56. The Morgan fingerprint density at radius 3 is 2.65 bits per heavy atom. The second-order valence-corrected chi connectivity index (χ2v) is 5.26. The predicted molar refractivity (Wildman–Crippen MR) is 72.5 cm³/mol. The van der Waals surface area contributed by atoms with E-state index in [1.54, 1.807) is 6.07 Å². The summed E-state index contributed by atoms with van der Waals surface area (Å²) < 4.78 is 54.5. The summed E-state index contributed by atoms with van der Waals surface area (Å²) in [6.07, 6.45) is 0. The Morgan fingerprint density at radius 2 is 2.05 bits per heavy atom. The molecule has 0 amide bonds. The molecule has 2 nitrogen and oxygen atoms in total. The van der Waals surface area contributed by atoms with Crippen LogP contribution in [0.3, 0.4) is 0 Å². The van der Waals surface area contributed by atoms with Crippen molar-refractivity contribution in [1.29, 1.82) is 0 Å². The molecule has 114 valence electrons. The summed E-state index contributed by atoms with van der Waals surface area (Å²) in [5.74, 6) is -0.424. The van der Waals surface area contributed by atoms with Gasteiger partial charge < -0.3 is 10.1 Å². The lowest BCUT2D eigenvalue weighted by Crippen LogP contribution is -2.19. The van der Waals surface area contributed by atoms with E-state index in [2.05, 4.69) is 5.32 Å². The topological polar surface area (TPSA) is 21.3 Å². The summed E-state index contributed by atoms with van der Waals surface area (Å²) >= 11 is -0.153. The Labute approximate surface area is 119 Å². The van der Waals surface area contributed by atoms with E-state index in [1.807, 2.05) is 13.8 Å². The molecule has 0 saturated carbocycles. The summed E-state index contributed by atoms with van der Waals surface area (Å²) in [5.41, 5.74) is -3.55. The predicted octanol–water partition coefficient (Wildman–Crippen LogP) is 4.13. The average molecular weight is 311 g/mol. The van der Waals surface area contributed by atoms with Crippen LogP contribution in [-0.2, 0) is 0 Å². The van der Waals surface area contributed by atoms with E-state index in [0.29, 0.717) is 0 Å². The van der Waals surface area contributed by atoms with Crippen molar-refractivity contribution >= 4 is 11.8 Å². The fraction of sp³-hybridized carbons (Fsp3) is 0.538. The molecule has 0 saturated heterocycles. The van der Waals surface area contributed by atoms with E-state index < -0.39 is 11.3 Å². The highest BCUT2D eigenvalue weighted by atomic mass is 32.2. The minimum atomic E-state index is -4.27. The molecule has 1 aromatic rings. The van der Waals surface area contributed by atoms with Crippen LogP contribution in [0, 0.1) is 5.82 Å². The van der Waals surface area contributed by atoms with E-state index in [9.17, 15) is 17.6 Å². The molecule has 1 N–H and O–H groups in total. The van der Waals surface area contributed by atoms with Crippen LogP contribution in [0.2, 0.25) is 0 Å². The maximum absolute atomic E-state index is 13.2. The Kier molecular flexibility index (Phi) is 6.61. The molecule has 20 heavy (non-hydrogen) atoms. The number of ether oxygens (including phenoxy) is 1. The second-order valence-electron chi connectivity index (χ2n) is 4.10. The van der Waals surface area contributed by atoms with Gasteiger partial charge in [-0.05, 0) is 31.3 Å². The molecule has 1 aromatic carbocycles. The van der Waals surface area contributed by atoms with E-state index in [4.69, 9.17) is 4.74 Å². The lowest BCUT2D eigenvalue weighted by Gasteiger charge is -2.18. The average Bonchev–Trinajstić information content (AvgIpc) is 2.34. The standard InChI is InChI=1S/C13H17F4NOS/c1-3-18-9(2)11-5-4-10(14)8-12(11)19-6-7-20-13(15,16)17/h4-5,8-9,18H,3,6-7H2,1-2H3. The first-order chi connectivity index (χ1) is 9.33. The molecule has 0 aromatic heterocycles. The molecule has 7 heteroatoms. The lowest BCUT2D eigenvalue weighted by molar-refractivity contribution is -0.0329. The van der Waals surface area contributed by atoms with Gasteiger partial charge >= 0.3 is 5.51 Å². The molecule has 1 atom stereocenters. The van der Waals surface area contributed by atoms with Gasteiger partial charge in [0.05, 0.1) is 6.61 Å². The van der Waals surface area contributed by atoms with Gasteiger partial charge in [-0.2, -0.15) is 13.2 Å². The summed E-state index contributed by atoms with van der Waals surface area (Å²) in [7, 11) is 0. The fourth-order valence-electron chi connectivity index (χ4n) is 1.72. The number of hydrogen-bond donors (Lipinski definition) is 1. The molecule has 1 rings (SSSR count). The quantitative estimate of drug-likeness (QED) is 0.604. The highest BCUT2D eigenvalue weighted by Gasteiger charge is 2.27. The van der Waals surface area contributed by atoms with E-state index in [1.165, 1.54) is 12.1 Å². The molecule has 0 spiro atoms. The zero-order chi connectivity index (χ0) is 15.2. The molecule has 1 unspecified atom stereocenters. The minimum Gasteiger partial charge on any atom is -0.492 e. The van der Waals surface area contributed by atoms with Gasteiger partial charge in [0, 0.05) is 23.4 Å². The minimum absolute atomic E-state index is 0.0640. The molecule has 0 bridgehead atoms. The van der Waals surface area contributed by atoms with Crippen LogP contribution in [0.25, 0.3) is 0 Å². The SMILES string of the molecule is CCNC(C)c1ccc(F)cc1OCCSC(F)(F)F. The number of benzene rings is 1. The molecule has 0 radical (unpaired) electrons. The smallest absolute Gasteiger partial charge is 0.441 e. The number of halogens is 4. The highest BCUT2D eigenvalue weighted by molar-refractivity contribution is 8.00. The summed E-state index contributed by atoms with van der Waals surface area (Å²) in [5, 5.41) is 3.15. The van der Waals surface area contributed by atoms with Gasteiger partial charge in [0.25, 0.3) is 0 Å². The first kappa shape index (κ1) is 17.1. The van der Waals surface area contributed by atoms with Crippen molar-refractivity contribution in [2.24, 2.45) is 0 Å². The Balaban J connectivity index is 2.65. The van der Waals surface area contributed by atoms with Crippen LogP contribution < -0.4 is 10.1 Å². The number of nitrogens with one attached hydrogen (secondary N) is 1. The van der Waals surface area contributed by atoms with Gasteiger partial charge in [0.2, 0.25) is 0 Å². The lowest BCUT2D eigenvalue weighted by atomic mass is 10.1. The van der Waals surface area contributed by atoms with Crippen molar-refractivity contribution in [1.82, 2.24) is 5.32 Å². The van der Waals surface area contributed by atoms with E-state index in [0.717, 1.165) is 12.1 Å². The van der Waals surface area contributed by atoms with Crippen molar-refractivity contribution in [3.8, 4) is 5.75 Å². The largest absolute Gasteiger partial charge is 0.492 e. The van der Waals surface area contributed by atoms with Gasteiger partial charge in [-0.15, -0.1) is 0 Å². The fourth-order valence-corrected chi connectivity index (χ4v) is 2.11. The van der Waals surface area contributed by atoms with Crippen molar-refractivity contribution in [2.45, 2.75) is 25.4 Å². The molecule has 0 aliphatic rings. The zero-order valence-corrected chi connectivity index (χ0v) is 12.1. The maximum atomic E-state index is 13.2. The van der Waals surface area contributed by atoms with Crippen molar-refractivity contribution < 1.29 is 22.3 Å². The van der Waals surface area contributed by atoms with Crippen molar-refractivity contribution in [3.63, 3.8) is 0 Å². The maximum Gasteiger partial charge on any atom is 0.441 e. The van der Waals surface area contributed by atoms with Crippen LogP contribution in [0.5, 0.6) is 5.75 Å². The Bertz CT molecular complexity index is 425. The van der Waals surface area contributed by atoms with E-state index in [-0.39, 0.29) is 35.9 Å². The third-order valence-corrected chi connectivity index (χ3v) is 3.26. The van der Waals surface area contributed by atoms with Crippen LogP contribution in [0.15, 0.2) is 18.2 Å². The number of hydrogen-bond acceptors (Lipinski definition) is 3. The van der Waals surface area contributed by atoms with Gasteiger partial charge in [-0.25, -0.2) is 4.39 Å². The number of alkyl halides is 3. The summed E-state index contributed by atoms with van der Waals surface area (Å²) in [4.78, 5) is 0. The van der Waals surface area contributed by atoms with Gasteiger partial charge in [0.15, 0.2) is 0 Å². The van der Waals surface area contributed by atoms with E-state index >= 15 is 0 Å². The normalized spacial score (nSPS) is 13.3. The third kappa shape index (κ3) is 6.00. The van der Waals surface area contributed by atoms with Gasteiger partial charge in [-0.3, -0.25) is 0 Å². The molecule has 0 heterocycles. The highest BCUT2D eigenvalue weighted by Crippen LogP contribution is 2.30. The number of thioether (sulfide) groups is 1. The molecular weight excluding hydrogens is 294 g/mol. The Hall–Kier alpha value is -0.950. The zero-order valence-electron chi connectivity index (χ0n) is 11.3. The molecule has 0 aliphatic carbocycles. The summed E-state index contributed by atoms with van der Waals surface area (Å²) in [6.45, 7) is 4.41. The van der Waals surface area contributed by atoms with Gasteiger partial charge in [-0.1, -0.05) is 13.0 Å². The van der Waals surface area contributed by atoms with Crippen LogP contribution in [-0.4, -0.2) is 24.4 Å². The first-order valence-electron chi connectivity index (χ1n) is 6.19. The first-order valence-corrected chi connectivity index (χ1v) is 7.18. The van der Waals surface area contributed by atoms with Crippen LogP contribution in [0.1, 0.15) is 25.5 Å². The number of rotatable bonds is 7. The molecule has 0 aliphatic heterocycles. The second kappa shape index (κ2) is 7.73. The molecule has 0 fully saturated rings. The van der Waals surface area contributed by atoms with Gasteiger partial charge in [0.1, 0.15) is 11.6 Å². The van der Waals surface area contributed by atoms with Crippen molar-refractivity contribution in [3.05, 3.63) is 29.6 Å². The van der Waals surface area contributed by atoms with Crippen molar-refractivity contribution in [2.75, 3.05) is 18.9 Å². The van der Waals surface area contributed by atoms with Crippen LogP contribution >= 0.6 is 11.8 Å².